The third kappa shape index (κ3) is 1.78. The molecule has 0 spiro atoms. The maximum atomic E-state index is 5.33. The van der Waals surface area contributed by atoms with Gasteiger partial charge in [-0.3, -0.25) is 0 Å². The van der Waals surface area contributed by atoms with Gasteiger partial charge in [0.05, 0.1) is 6.61 Å². The molecule has 4 nitrogen and oxygen atoms in total. The standard InChI is InChI=1S/C9H12N2O2/c1-2-8-10-9(11-13-8)7-4-3-5-12-6-7/h2,7H,1,3-6H2. The first-order valence-corrected chi connectivity index (χ1v) is 4.44. The summed E-state index contributed by atoms with van der Waals surface area (Å²) in [7, 11) is 0. The van der Waals surface area contributed by atoms with Crippen molar-refractivity contribution in [3.63, 3.8) is 0 Å². The van der Waals surface area contributed by atoms with E-state index in [1.165, 1.54) is 0 Å². The number of hydrogen-bond donors (Lipinski definition) is 0. The third-order valence-corrected chi connectivity index (χ3v) is 2.16. The number of nitrogens with zero attached hydrogens (tertiary/aromatic N) is 2. The summed E-state index contributed by atoms with van der Waals surface area (Å²) in [6.07, 6.45) is 3.71. The second-order valence-electron chi connectivity index (χ2n) is 3.11. The van der Waals surface area contributed by atoms with E-state index in [0.717, 1.165) is 25.3 Å². The van der Waals surface area contributed by atoms with Crippen molar-refractivity contribution in [3.8, 4) is 0 Å². The minimum atomic E-state index is 0.297. The molecule has 0 amide bonds. The molecular formula is C9H12N2O2. The van der Waals surface area contributed by atoms with Crippen molar-refractivity contribution in [2.24, 2.45) is 0 Å². The lowest BCUT2D eigenvalue weighted by Gasteiger charge is -2.18. The maximum Gasteiger partial charge on any atom is 0.250 e. The van der Waals surface area contributed by atoms with Crippen molar-refractivity contribution in [2.75, 3.05) is 13.2 Å². The molecule has 0 bridgehead atoms. The van der Waals surface area contributed by atoms with Gasteiger partial charge in [0.1, 0.15) is 0 Å². The van der Waals surface area contributed by atoms with E-state index in [1.54, 1.807) is 6.08 Å². The predicted molar refractivity (Wildman–Crippen MR) is 47.2 cm³/mol. The van der Waals surface area contributed by atoms with Crippen molar-refractivity contribution >= 4 is 6.08 Å². The fourth-order valence-electron chi connectivity index (χ4n) is 1.44. The quantitative estimate of drug-likeness (QED) is 0.693. The van der Waals surface area contributed by atoms with E-state index in [9.17, 15) is 0 Å². The first kappa shape index (κ1) is 8.44. The molecule has 1 aromatic heterocycles. The Bertz CT molecular complexity index is 290. The van der Waals surface area contributed by atoms with E-state index in [0.29, 0.717) is 18.4 Å². The van der Waals surface area contributed by atoms with Gasteiger partial charge in [0.15, 0.2) is 5.82 Å². The Hall–Kier alpha value is -1.16. The summed E-state index contributed by atoms with van der Waals surface area (Å²) in [5, 5.41) is 3.87. The Morgan fingerprint density at radius 3 is 3.08 bits per heavy atom. The van der Waals surface area contributed by atoms with Crippen molar-refractivity contribution in [1.29, 1.82) is 0 Å². The van der Waals surface area contributed by atoms with Gasteiger partial charge in [-0.05, 0) is 18.9 Å². The van der Waals surface area contributed by atoms with Gasteiger partial charge >= 0.3 is 0 Å². The molecule has 0 saturated carbocycles. The second kappa shape index (κ2) is 3.70. The molecule has 4 heteroatoms. The summed E-state index contributed by atoms with van der Waals surface area (Å²) >= 11 is 0. The molecule has 70 valence electrons. The summed E-state index contributed by atoms with van der Waals surface area (Å²) in [4.78, 5) is 4.18. The fraction of sp³-hybridized carbons (Fsp3) is 0.556. The summed E-state index contributed by atoms with van der Waals surface area (Å²) in [6.45, 7) is 5.12. The Labute approximate surface area is 76.6 Å². The predicted octanol–water partition coefficient (Wildman–Crippen LogP) is 1.61. The van der Waals surface area contributed by atoms with Crippen molar-refractivity contribution < 1.29 is 9.26 Å². The van der Waals surface area contributed by atoms with E-state index < -0.39 is 0 Å². The molecule has 2 rings (SSSR count). The van der Waals surface area contributed by atoms with Crippen LogP contribution < -0.4 is 0 Å². The first-order valence-electron chi connectivity index (χ1n) is 4.44. The van der Waals surface area contributed by atoms with Gasteiger partial charge in [-0.25, -0.2) is 0 Å². The molecule has 0 N–H and O–H groups in total. The van der Waals surface area contributed by atoms with Crippen LogP contribution in [-0.4, -0.2) is 23.4 Å². The SMILES string of the molecule is C=Cc1nc(C2CCCOC2)no1. The zero-order chi connectivity index (χ0) is 9.10. The zero-order valence-corrected chi connectivity index (χ0v) is 7.40. The summed E-state index contributed by atoms with van der Waals surface area (Å²) < 4.78 is 10.3. The van der Waals surface area contributed by atoms with E-state index in [2.05, 4.69) is 16.7 Å². The molecule has 1 unspecified atom stereocenters. The highest BCUT2D eigenvalue weighted by atomic mass is 16.5. The molecule has 1 aromatic rings. The Morgan fingerprint density at radius 1 is 1.54 bits per heavy atom. The highest BCUT2D eigenvalue weighted by molar-refractivity contribution is 5.32. The highest BCUT2D eigenvalue weighted by Crippen LogP contribution is 2.22. The Balaban J connectivity index is 2.09. The maximum absolute atomic E-state index is 5.33. The largest absolute Gasteiger partial charge is 0.381 e. The van der Waals surface area contributed by atoms with Crippen molar-refractivity contribution in [3.05, 3.63) is 18.3 Å². The topological polar surface area (TPSA) is 48.2 Å². The second-order valence-corrected chi connectivity index (χ2v) is 3.11. The normalized spacial score (nSPS) is 22.9. The van der Waals surface area contributed by atoms with Gasteiger partial charge in [-0.2, -0.15) is 4.98 Å². The molecule has 13 heavy (non-hydrogen) atoms. The van der Waals surface area contributed by atoms with Crippen LogP contribution in [0.1, 0.15) is 30.5 Å². The highest BCUT2D eigenvalue weighted by Gasteiger charge is 2.20. The van der Waals surface area contributed by atoms with Crippen LogP contribution in [0, 0.1) is 0 Å². The van der Waals surface area contributed by atoms with Crippen LogP contribution in [0.3, 0.4) is 0 Å². The van der Waals surface area contributed by atoms with Crippen LogP contribution in [0.2, 0.25) is 0 Å². The van der Waals surface area contributed by atoms with Crippen LogP contribution in [0.5, 0.6) is 0 Å². The lowest BCUT2D eigenvalue weighted by atomic mass is 10.0. The molecule has 1 fully saturated rings. The van der Waals surface area contributed by atoms with Crippen LogP contribution >= 0.6 is 0 Å². The van der Waals surface area contributed by atoms with Crippen molar-refractivity contribution in [1.82, 2.24) is 10.1 Å². The smallest absolute Gasteiger partial charge is 0.250 e. The Kier molecular flexibility index (Phi) is 2.40. The number of aromatic nitrogens is 2. The van der Waals surface area contributed by atoms with Gasteiger partial charge in [-0.1, -0.05) is 11.7 Å². The van der Waals surface area contributed by atoms with Gasteiger partial charge < -0.3 is 9.26 Å². The average molecular weight is 180 g/mol. The van der Waals surface area contributed by atoms with Gasteiger partial charge in [0.2, 0.25) is 5.89 Å². The first-order chi connectivity index (χ1) is 6.40. The van der Waals surface area contributed by atoms with Crippen LogP contribution in [0.25, 0.3) is 6.08 Å². The fourth-order valence-corrected chi connectivity index (χ4v) is 1.44. The van der Waals surface area contributed by atoms with Crippen molar-refractivity contribution in [2.45, 2.75) is 18.8 Å². The summed E-state index contributed by atoms with van der Waals surface area (Å²) in [6, 6.07) is 0. The molecule has 0 radical (unpaired) electrons. The molecule has 0 aliphatic carbocycles. The van der Waals surface area contributed by atoms with Gasteiger partial charge in [0.25, 0.3) is 0 Å². The molecule has 0 aromatic carbocycles. The molecule has 1 saturated heterocycles. The minimum absolute atomic E-state index is 0.297. The van der Waals surface area contributed by atoms with E-state index in [1.807, 2.05) is 0 Å². The molecular weight excluding hydrogens is 168 g/mol. The van der Waals surface area contributed by atoms with Gasteiger partial charge in [-0.15, -0.1) is 0 Å². The van der Waals surface area contributed by atoms with Crippen LogP contribution in [0.4, 0.5) is 0 Å². The molecule has 1 atom stereocenters. The van der Waals surface area contributed by atoms with E-state index in [4.69, 9.17) is 9.26 Å². The number of hydrogen-bond acceptors (Lipinski definition) is 4. The Morgan fingerprint density at radius 2 is 2.46 bits per heavy atom. The number of ether oxygens (including phenoxy) is 1. The third-order valence-electron chi connectivity index (χ3n) is 2.16. The van der Waals surface area contributed by atoms with E-state index >= 15 is 0 Å². The van der Waals surface area contributed by atoms with Crippen LogP contribution in [0.15, 0.2) is 11.1 Å². The molecule has 1 aliphatic rings. The lowest BCUT2D eigenvalue weighted by molar-refractivity contribution is 0.0773. The van der Waals surface area contributed by atoms with E-state index in [-0.39, 0.29) is 0 Å². The summed E-state index contributed by atoms with van der Waals surface area (Å²) in [5.74, 6) is 1.53. The molecule has 2 heterocycles. The number of rotatable bonds is 2. The minimum Gasteiger partial charge on any atom is -0.381 e. The summed E-state index contributed by atoms with van der Waals surface area (Å²) in [5.41, 5.74) is 0. The monoisotopic (exact) mass is 180 g/mol. The lowest BCUT2D eigenvalue weighted by Crippen LogP contribution is -2.16. The average Bonchev–Trinajstić information content (AvgIpc) is 2.67. The van der Waals surface area contributed by atoms with Crippen LogP contribution in [-0.2, 0) is 4.74 Å². The zero-order valence-electron chi connectivity index (χ0n) is 7.40. The molecule has 1 aliphatic heterocycles. The van der Waals surface area contributed by atoms with Gasteiger partial charge in [0, 0.05) is 12.5 Å².